The summed E-state index contributed by atoms with van der Waals surface area (Å²) < 4.78 is 16.9. The zero-order valence-corrected chi connectivity index (χ0v) is 6.76. The number of H-pyrrole nitrogens is 1. The summed E-state index contributed by atoms with van der Waals surface area (Å²) in [5, 5.41) is 8.53. The second-order valence-corrected chi connectivity index (χ2v) is 5.53. The fraction of sp³-hybridized carbons (Fsp3) is 0. The Bertz CT molecular complexity index is 543. The number of rotatable bonds is 1. The number of hydrogen-bond acceptors (Lipinski definition) is 3. The third-order valence-electron chi connectivity index (χ3n) is 2.40. The van der Waals surface area contributed by atoms with E-state index in [4.69, 9.17) is 4.42 Å². The van der Waals surface area contributed by atoms with Crippen LogP contribution in [0.1, 0.15) is 0 Å². The van der Waals surface area contributed by atoms with E-state index in [1.807, 2.05) is 6.07 Å². The molecule has 1 N–H and O–H groups in total. The molecule has 2 aromatic heterocycles. The number of aromatic nitrogens is 2. The van der Waals surface area contributed by atoms with Gasteiger partial charge in [-0.1, -0.05) is 0 Å². The second kappa shape index (κ2) is 1.21. The fourth-order valence-electron chi connectivity index (χ4n) is 1.66. The van der Waals surface area contributed by atoms with E-state index in [1.54, 1.807) is 6.20 Å². The molecule has 0 spiro atoms. The van der Waals surface area contributed by atoms with Crippen molar-refractivity contribution in [2.24, 2.45) is 0 Å². The summed E-state index contributed by atoms with van der Waals surface area (Å²) in [4.78, 5) is 0. The molecule has 1 unspecified atom stereocenters. The Hall–Kier alpha value is -1.28. The van der Waals surface area contributed by atoms with E-state index in [9.17, 15) is 4.57 Å². The van der Waals surface area contributed by atoms with Crippen molar-refractivity contribution in [1.82, 2.24) is 10.2 Å². The number of aromatic amines is 1. The number of furan rings is 1. The largest absolute Gasteiger partial charge is 0.449 e. The molecule has 0 saturated heterocycles. The Morgan fingerprint density at radius 2 is 2.33 bits per heavy atom. The van der Waals surface area contributed by atoms with Gasteiger partial charge in [-0.05, 0) is 6.07 Å². The maximum absolute atomic E-state index is 11.5. The predicted molar refractivity (Wildman–Crippen MR) is 42.8 cm³/mol. The normalized spacial score (nSPS) is 27.0. The van der Waals surface area contributed by atoms with Crippen molar-refractivity contribution < 1.29 is 8.98 Å². The first kappa shape index (κ1) is 5.38. The van der Waals surface area contributed by atoms with Gasteiger partial charge in [0.15, 0.2) is 11.3 Å². The van der Waals surface area contributed by atoms with Gasteiger partial charge in [0.05, 0.1) is 10.6 Å². The van der Waals surface area contributed by atoms with Crippen molar-refractivity contribution >= 4 is 23.3 Å². The standard InChI is InChI=1S/C7H3N2O2P/c10-12-5-4(3-1-2-8-9-3)11-7(12)6(5)12/h1-2H,(H,8,9). The van der Waals surface area contributed by atoms with Crippen molar-refractivity contribution in [2.75, 3.05) is 0 Å². The van der Waals surface area contributed by atoms with E-state index < -0.39 is 7.14 Å². The van der Waals surface area contributed by atoms with Gasteiger partial charge in [-0.15, -0.1) is 0 Å². The van der Waals surface area contributed by atoms with E-state index in [0.717, 1.165) is 27.6 Å². The highest BCUT2D eigenvalue weighted by atomic mass is 31.2. The first-order valence-corrected chi connectivity index (χ1v) is 5.32. The third kappa shape index (κ3) is 0.329. The minimum absolute atomic E-state index is 0.737. The van der Waals surface area contributed by atoms with Gasteiger partial charge >= 0.3 is 0 Å². The highest BCUT2D eigenvalue weighted by molar-refractivity contribution is 8.06. The van der Waals surface area contributed by atoms with Gasteiger partial charge in [-0.25, -0.2) is 0 Å². The topological polar surface area (TPSA) is 58.9 Å². The van der Waals surface area contributed by atoms with Crippen LogP contribution in [0.3, 0.4) is 0 Å². The van der Waals surface area contributed by atoms with Gasteiger partial charge in [0.1, 0.15) is 5.69 Å². The van der Waals surface area contributed by atoms with Crippen molar-refractivity contribution in [2.45, 2.75) is 0 Å². The summed E-state index contributed by atoms with van der Waals surface area (Å²) in [7, 11) is -2.05. The van der Waals surface area contributed by atoms with Gasteiger partial charge in [0.2, 0.25) is 7.14 Å². The number of nitrogens with zero attached hydrogens (tertiary/aromatic N) is 1. The molecule has 2 aromatic rings. The van der Waals surface area contributed by atoms with E-state index in [2.05, 4.69) is 10.2 Å². The average molecular weight is 178 g/mol. The Morgan fingerprint density at radius 1 is 1.50 bits per heavy atom. The molecule has 4 nitrogen and oxygen atoms in total. The van der Waals surface area contributed by atoms with Crippen molar-refractivity contribution in [1.29, 1.82) is 0 Å². The van der Waals surface area contributed by atoms with Crippen molar-refractivity contribution in [3.8, 4) is 11.5 Å². The molecule has 58 valence electrons. The zero-order chi connectivity index (χ0) is 7.92. The van der Waals surface area contributed by atoms with Crippen LogP contribution in [-0.2, 0) is 4.57 Å². The molecule has 5 rings (SSSR count). The highest BCUT2D eigenvalue weighted by Crippen LogP contribution is 2.70. The minimum atomic E-state index is -2.05. The molecule has 0 radical (unpaired) electrons. The number of hydrogen-bond donors (Lipinski definition) is 1. The van der Waals surface area contributed by atoms with Crippen LogP contribution in [0, 0.1) is 0 Å². The summed E-state index contributed by atoms with van der Waals surface area (Å²) in [6, 6.07) is 1.82. The molecule has 1 atom stereocenters. The molecular formula is C7H3N2O2P. The van der Waals surface area contributed by atoms with Crippen LogP contribution in [0.25, 0.3) is 11.5 Å². The van der Waals surface area contributed by atoms with Crippen molar-refractivity contribution in [3.63, 3.8) is 0 Å². The lowest BCUT2D eigenvalue weighted by molar-refractivity contribution is 0.590. The number of fused-ring (bicyclic) bond motifs is 1. The second-order valence-electron chi connectivity index (χ2n) is 3.01. The van der Waals surface area contributed by atoms with Crippen LogP contribution in [0.4, 0.5) is 0 Å². The Morgan fingerprint density at radius 3 is 2.83 bits per heavy atom. The summed E-state index contributed by atoms with van der Waals surface area (Å²) in [6.07, 6.45) is 1.66. The quantitative estimate of drug-likeness (QED) is 0.415. The average Bonchev–Trinajstić information content (AvgIpc) is 2.75. The lowest BCUT2D eigenvalue weighted by Crippen LogP contribution is -1.96. The van der Waals surface area contributed by atoms with Gasteiger partial charge in [-0.2, -0.15) is 5.10 Å². The van der Waals surface area contributed by atoms with Gasteiger partial charge < -0.3 is 8.98 Å². The van der Waals surface area contributed by atoms with Crippen LogP contribution in [-0.4, -0.2) is 10.2 Å². The first-order chi connectivity index (χ1) is 5.83. The monoisotopic (exact) mass is 178 g/mol. The SMILES string of the molecule is O=P12c3oc(-c4ccn[nH]4)c1c32. The summed E-state index contributed by atoms with van der Waals surface area (Å²) >= 11 is 0. The third-order valence-corrected chi connectivity index (χ3v) is 4.95. The molecule has 2 bridgehead atoms. The maximum Gasteiger partial charge on any atom is 0.214 e. The van der Waals surface area contributed by atoms with Gasteiger partial charge in [0.25, 0.3) is 0 Å². The Labute approximate surface area is 67.0 Å². The molecule has 3 aliphatic heterocycles. The van der Waals surface area contributed by atoms with E-state index >= 15 is 0 Å². The van der Waals surface area contributed by atoms with Crippen LogP contribution in [0.15, 0.2) is 16.7 Å². The molecule has 0 aromatic carbocycles. The molecule has 12 heavy (non-hydrogen) atoms. The van der Waals surface area contributed by atoms with Crippen molar-refractivity contribution in [3.05, 3.63) is 12.3 Å². The molecule has 0 aliphatic carbocycles. The molecular weight excluding hydrogens is 175 g/mol. The Kier molecular flexibility index (Phi) is 0.542. The molecule has 5 heteroatoms. The highest BCUT2D eigenvalue weighted by Gasteiger charge is 2.74. The van der Waals surface area contributed by atoms with E-state index in [-0.39, 0.29) is 0 Å². The lowest BCUT2D eigenvalue weighted by atomic mass is 10.3. The molecule has 5 heterocycles. The molecule has 0 saturated carbocycles. The first-order valence-electron chi connectivity index (χ1n) is 3.62. The van der Waals surface area contributed by atoms with E-state index in [1.165, 1.54) is 0 Å². The smallest absolute Gasteiger partial charge is 0.214 e. The number of nitrogens with one attached hydrogen (secondary N) is 1. The Balaban J connectivity index is 2.06. The van der Waals surface area contributed by atoms with Crippen LogP contribution >= 0.6 is 7.14 Å². The van der Waals surface area contributed by atoms with E-state index in [0.29, 0.717) is 0 Å². The predicted octanol–water partition coefficient (Wildman–Crippen LogP) is -0.0641. The van der Waals surface area contributed by atoms with Gasteiger partial charge in [0, 0.05) is 6.20 Å². The van der Waals surface area contributed by atoms with Crippen LogP contribution in [0.5, 0.6) is 0 Å². The fourth-order valence-corrected chi connectivity index (χ4v) is 4.16. The molecule has 3 aliphatic rings. The van der Waals surface area contributed by atoms with Gasteiger partial charge in [-0.3, -0.25) is 5.10 Å². The minimum Gasteiger partial charge on any atom is -0.449 e. The maximum atomic E-state index is 11.5. The summed E-state index contributed by atoms with van der Waals surface area (Å²) in [6.45, 7) is 0. The lowest BCUT2D eigenvalue weighted by Gasteiger charge is -1.84. The zero-order valence-electron chi connectivity index (χ0n) is 5.87. The van der Waals surface area contributed by atoms with Crippen LogP contribution in [0.2, 0.25) is 0 Å². The molecule has 0 amide bonds. The summed E-state index contributed by atoms with van der Waals surface area (Å²) in [5.41, 5.74) is 1.56. The molecule has 0 fully saturated rings. The summed E-state index contributed by atoms with van der Waals surface area (Å²) in [5.74, 6) is 0.737. The van der Waals surface area contributed by atoms with Crippen LogP contribution < -0.4 is 16.1 Å².